The monoisotopic (exact) mass is 331 g/mol. The number of hydrogen-bond donors (Lipinski definition) is 1. The summed E-state index contributed by atoms with van der Waals surface area (Å²) < 4.78 is 4.72. The second-order valence-electron chi connectivity index (χ2n) is 5.40. The van der Waals surface area contributed by atoms with Crippen LogP contribution >= 0.6 is 11.6 Å². The molecule has 0 spiro atoms. The molecule has 5 nitrogen and oxygen atoms in total. The smallest absolute Gasteiger partial charge is 0.337 e. The zero-order chi connectivity index (χ0) is 16.2. The lowest BCUT2D eigenvalue weighted by atomic mass is 10.0. The van der Waals surface area contributed by atoms with Crippen LogP contribution in [0.25, 0.3) is 0 Å². The van der Waals surface area contributed by atoms with E-state index in [1.807, 2.05) is 24.3 Å². The van der Waals surface area contributed by atoms with Crippen LogP contribution in [0.3, 0.4) is 0 Å². The van der Waals surface area contributed by atoms with Crippen molar-refractivity contribution in [3.63, 3.8) is 0 Å². The minimum atomic E-state index is -0.319. The third-order valence-electron chi connectivity index (χ3n) is 3.95. The molecule has 0 aliphatic carbocycles. The number of carbonyl (C=O) groups is 1. The lowest BCUT2D eigenvalue weighted by Crippen LogP contribution is -2.46. The van der Waals surface area contributed by atoms with Gasteiger partial charge in [0.1, 0.15) is 5.82 Å². The minimum absolute atomic E-state index is 0.188. The van der Waals surface area contributed by atoms with Crippen molar-refractivity contribution in [1.29, 1.82) is 0 Å². The summed E-state index contributed by atoms with van der Waals surface area (Å²) in [5.41, 5.74) is 1.69. The number of nitrogens with one attached hydrogen (secondary N) is 1. The number of benzene rings is 1. The maximum Gasteiger partial charge on any atom is 0.337 e. The van der Waals surface area contributed by atoms with Gasteiger partial charge in [-0.05, 0) is 29.8 Å². The van der Waals surface area contributed by atoms with Crippen molar-refractivity contribution in [2.75, 3.05) is 31.6 Å². The van der Waals surface area contributed by atoms with E-state index in [4.69, 9.17) is 16.3 Å². The highest BCUT2D eigenvalue weighted by molar-refractivity contribution is 6.30. The Morgan fingerprint density at radius 1 is 1.30 bits per heavy atom. The van der Waals surface area contributed by atoms with Gasteiger partial charge in [0, 0.05) is 31.9 Å². The molecule has 1 saturated heterocycles. The number of carbonyl (C=O) groups excluding carboxylic acids is 1. The molecule has 0 radical (unpaired) electrons. The van der Waals surface area contributed by atoms with Crippen molar-refractivity contribution in [1.82, 2.24) is 10.3 Å². The molecular weight excluding hydrogens is 314 g/mol. The number of aromatic nitrogens is 1. The van der Waals surface area contributed by atoms with Gasteiger partial charge in [0.25, 0.3) is 0 Å². The predicted octanol–water partition coefficient (Wildman–Crippen LogP) is 2.67. The van der Waals surface area contributed by atoms with Crippen molar-refractivity contribution in [3.05, 3.63) is 58.7 Å². The van der Waals surface area contributed by atoms with Gasteiger partial charge >= 0.3 is 5.97 Å². The first kappa shape index (κ1) is 15.8. The third-order valence-corrected chi connectivity index (χ3v) is 4.17. The lowest BCUT2D eigenvalue weighted by Gasteiger charge is -2.34. The largest absolute Gasteiger partial charge is 0.465 e. The summed E-state index contributed by atoms with van der Waals surface area (Å²) in [6.45, 7) is 2.57. The molecule has 0 bridgehead atoms. The Balaban J connectivity index is 1.73. The molecule has 2 aromatic rings. The predicted molar refractivity (Wildman–Crippen MR) is 90.0 cm³/mol. The normalized spacial score (nSPS) is 17.8. The molecule has 1 aliphatic rings. The van der Waals surface area contributed by atoms with Gasteiger partial charge in [-0.3, -0.25) is 0 Å². The molecule has 1 aliphatic heterocycles. The molecule has 1 unspecified atom stereocenters. The fraction of sp³-hybridized carbons (Fsp3) is 0.294. The van der Waals surface area contributed by atoms with Crippen LogP contribution in [0.2, 0.25) is 5.02 Å². The summed E-state index contributed by atoms with van der Waals surface area (Å²) in [4.78, 5) is 18.1. The van der Waals surface area contributed by atoms with Crippen molar-refractivity contribution >= 4 is 23.4 Å². The second-order valence-corrected chi connectivity index (χ2v) is 5.84. The molecule has 3 rings (SSSR count). The first-order valence-electron chi connectivity index (χ1n) is 7.45. The standard InChI is InChI=1S/C17H18ClN3O2/c1-23-17(22)13-4-2-12(3-5-13)15-11-21(9-8-19-15)16-7-6-14(18)10-20-16/h2-7,10,15,19H,8-9,11H2,1H3. The van der Waals surface area contributed by atoms with E-state index in [2.05, 4.69) is 15.2 Å². The molecule has 0 saturated carbocycles. The summed E-state index contributed by atoms with van der Waals surface area (Å²) in [6, 6.07) is 11.5. The Bertz CT molecular complexity index is 673. The lowest BCUT2D eigenvalue weighted by molar-refractivity contribution is 0.0600. The molecule has 120 valence electrons. The van der Waals surface area contributed by atoms with E-state index in [0.717, 1.165) is 31.0 Å². The molecule has 23 heavy (non-hydrogen) atoms. The molecule has 1 N–H and O–H groups in total. The van der Waals surface area contributed by atoms with Gasteiger partial charge < -0.3 is 15.0 Å². The van der Waals surface area contributed by atoms with Gasteiger partial charge in [0.2, 0.25) is 0 Å². The fourth-order valence-corrected chi connectivity index (χ4v) is 2.82. The highest BCUT2D eigenvalue weighted by Crippen LogP contribution is 2.22. The number of rotatable bonds is 3. The third kappa shape index (κ3) is 3.63. The number of nitrogens with zero attached hydrogens (tertiary/aromatic N) is 2. The number of ether oxygens (including phenoxy) is 1. The summed E-state index contributed by atoms with van der Waals surface area (Å²) in [6.07, 6.45) is 1.67. The van der Waals surface area contributed by atoms with Crippen LogP contribution in [-0.4, -0.2) is 37.7 Å². The molecule has 1 atom stereocenters. The fourth-order valence-electron chi connectivity index (χ4n) is 2.71. The van der Waals surface area contributed by atoms with Crippen LogP contribution in [0.1, 0.15) is 22.0 Å². The number of hydrogen-bond acceptors (Lipinski definition) is 5. The molecule has 2 heterocycles. The molecule has 1 aromatic carbocycles. The summed E-state index contributed by atoms with van der Waals surface area (Å²) in [5, 5.41) is 4.14. The topological polar surface area (TPSA) is 54.5 Å². The average molecular weight is 332 g/mol. The van der Waals surface area contributed by atoms with Crippen LogP contribution < -0.4 is 10.2 Å². The van der Waals surface area contributed by atoms with Crippen molar-refractivity contribution in [3.8, 4) is 0 Å². The van der Waals surface area contributed by atoms with Crippen LogP contribution in [0.15, 0.2) is 42.6 Å². The Kier molecular flexibility index (Phi) is 4.79. The number of anilines is 1. The number of methoxy groups -OCH3 is 1. The minimum Gasteiger partial charge on any atom is -0.465 e. The van der Waals surface area contributed by atoms with E-state index in [9.17, 15) is 4.79 Å². The Labute approximate surface area is 140 Å². The maximum atomic E-state index is 11.5. The van der Waals surface area contributed by atoms with E-state index in [0.29, 0.717) is 10.6 Å². The van der Waals surface area contributed by atoms with Gasteiger partial charge in [0.15, 0.2) is 0 Å². The highest BCUT2D eigenvalue weighted by atomic mass is 35.5. The van der Waals surface area contributed by atoms with Gasteiger partial charge in [-0.25, -0.2) is 9.78 Å². The molecule has 0 amide bonds. The zero-order valence-corrected chi connectivity index (χ0v) is 13.6. The Morgan fingerprint density at radius 2 is 2.09 bits per heavy atom. The van der Waals surface area contributed by atoms with Gasteiger partial charge in [-0.1, -0.05) is 23.7 Å². The molecule has 6 heteroatoms. The summed E-state index contributed by atoms with van der Waals surface area (Å²) in [5.74, 6) is 0.604. The molecule has 1 aromatic heterocycles. The summed E-state index contributed by atoms with van der Waals surface area (Å²) in [7, 11) is 1.38. The van der Waals surface area contributed by atoms with E-state index in [-0.39, 0.29) is 12.0 Å². The number of halogens is 1. The van der Waals surface area contributed by atoms with E-state index >= 15 is 0 Å². The highest BCUT2D eigenvalue weighted by Gasteiger charge is 2.22. The molecular formula is C17H18ClN3O2. The van der Waals surface area contributed by atoms with Crippen molar-refractivity contribution in [2.45, 2.75) is 6.04 Å². The molecule has 1 fully saturated rings. The zero-order valence-electron chi connectivity index (χ0n) is 12.8. The van der Waals surface area contributed by atoms with E-state index < -0.39 is 0 Å². The van der Waals surface area contributed by atoms with Crippen LogP contribution in [-0.2, 0) is 4.74 Å². The van der Waals surface area contributed by atoms with Crippen molar-refractivity contribution < 1.29 is 9.53 Å². The SMILES string of the molecule is COC(=O)c1ccc(C2CN(c3ccc(Cl)cn3)CCN2)cc1. The number of piperazine rings is 1. The van der Waals surface area contributed by atoms with Crippen molar-refractivity contribution in [2.24, 2.45) is 0 Å². The Morgan fingerprint density at radius 3 is 2.74 bits per heavy atom. The van der Waals surface area contributed by atoms with E-state index in [1.54, 1.807) is 18.3 Å². The van der Waals surface area contributed by atoms with Gasteiger partial charge in [-0.2, -0.15) is 0 Å². The first-order valence-corrected chi connectivity index (χ1v) is 7.83. The number of esters is 1. The van der Waals surface area contributed by atoms with Crippen LogP contribution in [0.4, 0.5) is 5.82 Å². The Hall–Kier alpha value is -2.11. The van der Waals surface area contributed by atoms with Crippen LogP contribution in [0, 0.1) is 0 Å². The number of pyridine rings is 1. The second kappa shape index (κ2) is 6.98. The quantitative estimate of drug-likeness (QED) is 0.876. The van der Waals surface area contributed by atoms with Crippen LogP contribution in [0.5, 0.6) is 0 Å². The van der Waals surface area contributed by atoms with Gasteiger partial charge in [-0.15, -0.1) is 0 Å². The van der Waals surface area contributed by atoms with E-state index in [1.165, 1.54) is 7.11 Å². The first-order chi connectivity index (χ1) is 11.2. The van der Waals surface area contributed by atoms with Gasteiger partial charge in [0.05, 0.1) is 17.7 Å². The summed E-state index contributed by atoms with van der Waals surface area (Å²) >= 11 is 5.90. The average Bonchev–Trinajstić information content (AvgIpc) is 2.62. The maximum absolute atomic E-state index is 11.5.